The highest BCUT2D eigenvalue weighted by molar-refractivity contribution is 5.95. The molecule has 0 aliphatic rings. The van der Waals surface area contributed by atoms with Gasteiger partial charge in [-0.15, -0.1) is 0 Å². The Morgan fingerprint density at radius 2 is 1.74 bits per heavy atom. The third-order valence-corrected chi connectivity index (χ3v) is 3.18. The van der Waals surface area contributed by atoms with E-state index in [4.69, 9.17) is 0 Å². The van der Waals surface area contributed by atoms with Crippen molar-refractivity contribution in [3.63, 3.8) is 0 Å². The molecule has 0 saturated carbocycles. The Morgan fingerprint density at radius 1 is 1.04 bits per heavy atom. The topological polar surface area (TPSA) is 63.1 Å². The fourth-order valence-electron chi connectivity index (χ4n) is 2.25. The molecule has 1 aromatic heterocycles. The molecule has 0 atom stereocenters. The van der Waals surface area contributed by atoms with Crippen molar-refractivity contribution >= 4 is 11.8 Å². The first kappa shape index (κ1) is 16.8. The SMILES string of the molecule is CC(C)(C)NC(=O)CNC(=O)c1cccn1Cc1ccccc1. The van der Waals surface area contributed by atoms with Gasteiger partial charge in [0, 0.05) is 18.3 Å². The molecular formula is C18H23N3O2. The molecule has 1 heterocycles. The lowest BCUT2D eigenvalue weighted by Crippen LogP contribution is -2.46. The van der Waals surface area contributed by atoms with E-state index in [1.165, 1.54) is 0 Å². The second-order valence-corrected chi connectivity index (χ2v) is 6.49. The Morgan fingerprint density at radius 3 is 2.39 bits per heavy atom. The molecule has 23 heavy (non-hydrogen) atoms. The molecule has 0 unspecified atom stereocenters. The molecule has 1 aromatic carbocycles. The van der Waals surface area contributed by atoms with Crippen LogP contribution in [0.5, 0.6) is 0 Å². The van der Waals surface area contributed by atoms with E-state index in [0.717, 1.165) is 5.56 Å². The van der Waals surface area contributed by atoms with Gasteiger partial charge in [0.1, 0.15) is 5.69 Å². The maximum Gasteiger partial charge on any atom is 0.268 e. The highest BCUT2D eigenvalue weighted by Gasteiger charge is 2.16. The predicted octanol–water partition coefficient (Wildman–Crippen LogP) is 2.18. The van der Waals surface area contributed by atoms with E-state index in [9.17, 15) is 9.59 Å². The van der Waals surface area contributed by atoms with Crippen LogP contribution in [0.25, 0.3) is 0 Å². The van der Waals surface area contributed by atoms with Gasteiger partial charge in [-0.25, -0.2) is 0 Å². The maximum absolute atomic E-state index is 12.3. The van der Waals surface area contributed by atoms with Crippen LogP contribution in [0.15, 0.2) is 48.7 Å². The molecule has 0 aliphatic heterocycles. The van der Waals surface area contributed by atoms with E-state index < -0.39 is 0 Å². The van der Waals surface area contributed by atoms with E-state index in [1.54, 1.807) is 6.07 Å². The Labute approximate surface area is 136 Å². The minimum absolute atomic E-state index is 0.0351. The minimum Gasteiger partial charge on any atom is -0.350 e. The van der Waals surface area contributed by atoms with Crippen LogP contribution in [0, 0.1) is 0 Å². The van der Waals surface area contributed by atoms with E-state index in [1.807, 2.05) is 67.9 Å². The van der Waals surface area contributed by atoms with Crippen molar-refractivity contribution in [1.82, 2.24) is 15.2 Å². The van der Waals surface area contributed by atoms with Gasteiger partial charge in [-0.2, -0.15) is 0 Å². The van der Waals surface area contributed by atoms with Gasteiger partial charge in [0.05, 0.1) is 6.54 Å². The van der Waals surface area contributed by atoms with E-state index in [2.05, 4.69) is 10.6 Å². The molecule has 0 fully saturated rings. The van der Waals surface area contributed by atoms with Gasteiger partial charge in [0.15, 0.2) is 0 Å². The minimum atomic E-state index is -0.310. The molecule has 0 spiro atoms. The van der Waals surface area contributed by atoms with Crippen molar-refractivity contribution in [3.8, 4) is 0 Å². The van der Waals surface area contributed by atoms with Crippen molar-refractivity contribution in [2.24, 2.45) is 0 Å². The monoisotopic (exact) mass is 313 g/mol. The van der Waals surface area contributed by atoms with Gasteiger partial charge in [0.2, 0.25) is 5.91 Å². The summed E-state index contributed by atoms with van der Waals surface area (Å²) >= 11 is 0. The van der Waals surface area contributed by atoms with Gasteiger partial charge < -0.3 is 15.2 Å². The molecule has 0 radical (unpaired) electrons. The lowest BCUT2D eigenvalue weighted by molar-refractivity contribution is -0.121. The van der Waals surface area contributed by atoms with Gasteiger partial charge in [-0.3, -0.25) is 9.59 Å². The normalized spacial score (nSPS) is 11.1. The number of benzene rings is 1. The second-order valence-electron chi connectivity index (χ2n) is 6.49. The van der Waals surface area contributed by atoms with Crippen LogP contribution in [-0.4, -0.2) is 28.5 Å². The summed E-state index contributed by atoms with van der Waals surface area (Å²) in [5.41, 5.74) is 1.34. The van der Waals surface area contributed by atoms with Crippen molar-refractivity contribution in [3.05, 3.63) is 59.9 Å². The highest BCUT2D eigenvalue weighted by Crippen LogP contribution is 2.08. The Kier molecular flexibility index (Phi) is 5.21. The molecule has 2 amide bonds. The van der Waals surface area contributed by atoms with Crippen LogP contribution < -0.4 is 10.6 Å². The van der Waals surface area contributed by atoms with Crippen LogP contribution in [0.3, 0.4) is 0 Å². The van der Waals surface area contributed by atoms with Gasteiger partial charge in [-0.05, 0) is 38.5 Å². The zero-order valence-electron chi connectivity index (χ0n) is 13.8. The quantitative estimate of drug-likeness (QED) is 0.889. The summed E-state index contributed by atoms with van der Waals surface area (Å²) in [5, 5.41) is 5.48. The first-order valence-corrected chi connectivity index (χ1v) is 7.63. The highest BCUT2D eigenvalue weighted by atomic mass is 16.2. The Balaban J connectivity index is 1.96. The van der Waals surface area contributed by atoms with Crippen LogP contribution in [0.1, 0.15) is 36.8 Å². The standard InChI is InChI=1S/C18H23N3O2/c1-18(2,3)20-16(22)12-19-17(23)15-10-7-11-21(15)13-14-8-5-4-6-9-14/h4-11H,12-13H2,1-3H3,(H,19,23)(H,20,22). The number of carbonyl (C=O) groups excluding carboxylic acids is 2. The van der Waals surface area contributed by atoms with Gasteiger partial charge in [0.25, 0.3) is 5.91 Å². The molecule has 5 heteroatoms. The van der Waals surface area contributed by atoms with Crippen molar-refractivity contribution < 1.29 is 9.59 Å². The fraction of sp³-hybridized carbons (Fsp3) is 0.333. The molecular weight excluding hydrogens is 290 g/mol. The first-order chi connectivity index (χ1) is 10.8. The van der Waals surface area contributed by atoms with Gasteiger partial charge >= 0.3 is 0 Å². The van der Waals surface area contributed by atoms with Crippen molar-refractivity contribution in [1.29, 1.82) is 0 Å². The van der Waals surface area contributed by atoms with Crippen LogP contribution in [0.4, 0.5) is 0 Å². The lowest BCUT2D eigenvalue weighted by Gasteiger charge is -2.20. The van der Waals surface area contributed by atoms with E-state index >= 15 is 0 Å². The number of carbonyl (C=O) groups is 2. The van der Waals surface area contributed by atoms with E-state index in [0.29, 0.717) is 12.2 Å². The fourth-order valence-corrected chi connectivity index (χ4v) is 2.25. The lowest BCUT2D eigenvalue weighted by atomic mass is 10.1. The molecule has 122 valence electrons. The zero-order chi connectivity index (χ0) is 16.9. The first-order valence-electron chi connectivity index (χ1n) is 7.63. The zero-order valence-corrected chi connectivity index (χ0v) is 13.8. The molecule has 0 aliphatic carbocycles. The van der Waals surface area contributed by atoms with Crippen LogP contribution in [0.2, 0.25) is 0 Å². The summed E-state index contributed by atoms with van der Waals surface area (Å²) in [7, 11) is 0. The second kappa shape index (κ2) is 7.13. The maximum atomic E-state index is 12.3. The van der Waals surface area contributed by atoms with Crippen LogP contribution in [-0.2, 0) is 11.3 Å². The average molecular weight is 313 g/mol. The van der Waals surface area contributed by atoms with Crippen molar-refractivity contribution in [2.45, 2.75) is 32.9 Å². The number of nitrogens with zero attached hydrogens (tertiary/aromatic N) is 1. The average Bonchev–Trinajstić information content (AvgIpc) is 2.92. The van der Waals surface area contributed by atoms with Gasteiger partial charge in [-0.1, -0.05) is 30.3 Å². The number of aromatic nitrogens is 1. The molecule has 5 nitrogen and oxygen atoms in total. The summed E-state index contributed by atoms with van der Waals surface area (Å²) in [5.74, 6) is -0.456. The number of hydrogen-bond acceptors (Lipinski definition) is 2. The van der Waals surface area contributed by atoms with Crippen LogP contribution >= 0.6 is 0 Å². The predicted molar refractivity (Wildman–Crippen MR) is 90.2 cm³/mol. The smallest absolute Gasteiger partial charge is 0.268 e. The molecule has 2 rings (SSSR count). The Hall–Kier alpha value is -2.56. The Bertz CT molecular complexity index is 669. The number of hydrogen-bond donors (Lipinski definition) is 2. The molecule has 0 bridgehead atoms. The number of nitrogens with one attached hydrogen (secondary N) is 2. The summed E-state index contributed by atoms with van der Waals surface area (Å²) in [6.07, 6.45) is 1.86. The third-order valence-electron chi connectivity index (χ3n) is 3.18. The molecule has 2 N–H and O–H groups in total. The number of rotatable bonds is 5. The van der Waals surface area contributed by atoms with Crippen molar-refractivity contribution in [2.75, 3.05) is 6.54 Å². The largest absolute Gasteiger partial charge is 0.350 e. The third kappa shape index (κ3) is 5.29. The molecule has 0 saturated heterocycles. The summed E-state index contributed by atoms with van der Waals surface area (Å²) in [4.78, 5) is 24.1. The summed E-state index contributed by atoms with van der Waals surface area (Å²) < 4.78 is 1.87. The molecule has 2 aromatic rings. The van der Waals surface area contributed by atoms with E-state index in [-0.39, 0.29) is 23.9 Å². The summed E-state index contributed by atoms with van der Waals surface area (Å²) in [6, 6.07) is 13.5. The number of amides is 2. The summed E-state index contributed by atoms with van der Waals surface area (Å²) in [6.45, 7) is 6.28.